The molecule has 2 N–H and O–H groups in total. The number of amides is 3. The molecule has 11 nitrogen and oxygen atoms in total. The van der Waals surface area contributed by atoms with Gasteiger partial charge in [0.15, 0.2) is 11.6 Å². The van der Waals surface area contributed by atoms with E-state index < -0.39 is 29.9 Å². The molecule has 210 valence electrons. The number of ether oxygens (including phenoxy) is 3. The molecular weight excluding hydrogens is 521 g/mol. The standard InChI is InChI=1S/C25H29F3N6O5/c1-14(25(26,27)28)29-22(35)17-7-8-18-21(30-17)34(15-9-10-33(18)11-15)23(36)32-19-5-4-6-20(31-19)37-12-16-13-38-24(2,3)39-16/h4-8,14-16H,9-13H2,1-3H3,(H,29,35)(H,31,32,36)/t14?,15-,16-/m0/s1. The third-order valence-corrected chi connectivity index (χ3v) is 6.68. The van der Waals surface area contributed by atoms with Gasteiger partial charge in [-0.15, -0.1) is 0 Å². The van der Waals surface area contributed by atoms with E-state index in [9.17, 15) is 22.8 Å². The number of nitrogens with one attached hydrogen (secondary N) is 2. The highest BCUT2D eigenvalue weighted by atomic mass is 19.4. The van der Waals surface area contributed by atoms with Crippen LogP contribution >= 0.6 is 0 Å². The molecule has 0 saturated carbocycles. The minimum absolute atomic E-state index is 0.196. The van der Waals surface area contributed by atoms with Crippen LogP contribution in [0.5, 0.6) is 5.88 Å². The van der Waals surface area contributed by atoms with Crippen molar-refractivity contribution in [2.75, 3.05) is 41.4 Å². The maximum Gasteiger partial charge on any atom is 0.408 e. The highest BCUT2D eigenvalue weighted by Gasteiger charge is 2.41. The van der Waals surface area contributed by atoms with E-state index in [0.29, 0.717) is 31.8 Å². The van der Waals surface area contributed by atoms with Crippen LogP contribution in [0.25, 0.3) is 0 Å². The molecule has 2 saturated heterocycles. The molecule has 39 heavy (non-hydrogen) atoms. The molecule has 14 heteroatoms. The molecular formula is C25H29F3N6O5. The molecule has 3 aliphatic heterocycles. The van der Waals surface area contributed by atoms with E-state index in [1.165, 1.54) is 11.0 Å². The van der Waals surface area contributed by atoms with Crippen LogP contribution in [0.2, 0.25) is 0 Å². The van der Waals surface area contributed by atoms with E-state index in [2.05, 4.69) is 15.3 Å². The number of carbonyl (C=O) groups is 2. The van der Waals surface area contributed by atoms with Crippen LogP contribution in [0, 0.1) is 0 Å². The van der Waals surface area contributed by atoms with Crippen molar-refractivity contribution in [3.05, 3.63) is 36.0 Å². The Balaban J connectivity index is 1.31. The van der Waals surface area contributed by atoms with Gasteiger partial charge in [0.2, 0.25) is 5.88 Å². The number of rotatable bonds is 6. The number of fused-ring (bicyclic) bond motifs is 4. The fourth-order valence-electron chi connectivity index (χ4n) is 4.71. The predicted octanol–water partition coefficient (Wildman–Crippen LogP) is 3.32. The summed E-state index contributed by atoms with van der Waals surface area (Å²) in [5, 5.41) is 4.66. The minimum atomic E-state index is -4.60. The average molecular weight is 551 g/mol. The number of urea groups is 1. The van der Waals surface area contributed by atoms with E-state index in [1.807, 2.05) is 24.1 Å². The first-order valence-electron chi connectivity index (χ1n) is 12.5. The Morgan fingerprint density at radius 2 is 2.03 bits per heavy atom. The first kappa shape index (κ1) is 26.9. The van der Waals surface area contributed by atoms with Crippen molar-refractivity contribution in [1.29, 1.82) is 0 Å². The molecule has 0 aromatic carbocycles. The van der Waals surface area contributed by atoms with Crippen molar-refractivity contribution in [3.63, 3.8) is 0 Å². The lowest BCUT2D eigenvalue weighted by atomic mass is 10.1. The molecule has 2 bridgehead atoms. The van der Waals surface area contributed by atoms with Gasteiger partial charge in [-0.2, -0.15) is 18.2 Å². The second-order valence-electron chi connectivity index (χ2n) is 10.1. The fourth-order valence-corrected chi connectivity index (χ4v) is 4.71. The number of alkyl halides is 3. The molecule has 0 spiro atoms. The van der Waals surface area contributed by atoms with Crippen LogP contribution in [-0.4, -0.2) is 78.4 Å². The number of aromatic nitrogens is 2. The Bertz CT molecular complexity index is 1260. The van der Waals surface area contributed by atoms with Crippen molar-refractivity contribution >= 4 is 29.3 Å². The second-order valence-corrected chi connectivity index (χ2v) is 10.1. The van der Waals surface area contributed by atoms with Crippen LogP contribution < -0.4 is 25.2 Å². The smallest absolute Gasteiger partial charge is 0.408 e. The summed E-state index contributed by atoms with van der Waals surface area (Å²) in [7, 11) is 0. The number of pyridine rings is 2. The van der Waals surface area contributed by atoms with Crippen LogP contribution in [0.4, 0.5) is 35.3 Å². The summed E-state index contributed by atoms with van der Waals surface area (Å²) < 4.78 is 55.8. The predicted molar refractivity (Wildman–Crippen MR) is 134 cm³/mol. The van der Waals surface area contributed by atoms with Crippen molar-refractivity contribution in [2.24, 2.45) is 0 Å². The van der Waals surface area contributed by atoms with Gasteiger partial charge in [-0.3, -0.25) is 15.0 Å². The van der Waals surface area contributed by atoms with Gasteiger partial charge < -0.3 is 24.4 Å². The summed E-state index contributed by atoms with van der Waals surface area (Å²) in [6.45, 7) is 6.32. The maximum absolute atomic E-state index is 13.4. The highest BCUT2D eigenvalue weighted by molar-refractivity contribution is 6.05. The molecule has 3 aliphatic rings. The first-order chi connectivity index (χ1) is 18.4. The van der Waals surface area contributed by atoms with Gasteiger partial charge in [0.25, 0.3) is 5.91 Å². The van der Waals surface area contributed by atoms with Crippen LogP contribution in [0.3, 0.4) is 0 Å². The Labute approximate surface area is 222 Å². The van der Waals surface area contributed by atoms with Crippen molar-refractivity contribution in [3.8, 4) is 5.88 Å². The average Bonchev–Trinajstić information content (AvgIpc) is 3.45. The zero-order valence-corrected chi connectivity index (χ0v) is 21.6. The summed E-state index contributed by atoms with van der Waals surface area (Å²) >= 11 is 0. The Hall–Kier alpha value is -3.65. The van der Waals surface area contributed by atoms with Crippen molar-refractivity contribution < 1.29 is 37.0 Å². The molecule has 3 amide bonds. The number of halogens is 3. The zero-order chi connectivity index (χ0) is 27.9. The summed E-state index contributed by atoms with van der Waals surface area (Å²) in [6, 6.07) is 5.06. The monoisotopic (exact) mass is 550 g/mol. The normalized spacial score (nSPS) is 22.3. The Morgan fingerprint density at radius 3 is 2.74 bits per heavy atom. The molecule has 5 heterocycles. The molecule has 0 radical (unpaired) electrons. The molecule has 3 atom stereocenters. The summed E-state index contributed by atoms with van der Waals surface area (Å²) in [5.41, 5.74) is 0.394. The molecule has 2 fully saturated rings. The third-order valence-electron chi connectivity index (χ3n) is 6.68. The summed E-state index contributed by atoms with van der Waals surface area (Å²) in [5.74, 6) is -0.952. The van der Waals surface area contributed by atoms with Gasteiger partial charge in [-0.1, -0.05) is 6.07 Å². The lowest BCUT2D eigenvalue weighted by molar-refractivity contribution is -0.149. The largest absolute Gasteiger partial charge is 0.475 e. The van der Waals surface area contributed by atoms with Crippen LogP contribution in [0.15, 0.2) is 30.3 Å². The van der Waals surface area contributed by atoms with E-state index in [4.69, 9.17) is 14.2 Å². The summed E-state index contributed by atoms with van der Waals surface area (Å²) in [6.07, 6.45) is -4.19. The Kier molecular flexibility index (Phi) is 7.01. The fraction of sp³-hybridized carbons (Fsp3) is 0.520. The van der Waals surface area contributed by atoms with Gasteiger partial charge in [0.1, 0.15) is 30.3 Å². The van der Waals surface area contributed by atoms with Gasteiger partial charge in [0.05, 0.1) is 18.3 Å². The number of anilines is 3. The number of hydrogen-bond donors (Lipinski definition) is 2. The van der Waals surface area contributed by atoms with E-state index >= 15 is 0 Å². The molecule has 2 aromatic rings. The highest BCUT2D eigenvalue weighted by Crippen LogP contribution is 2.39. The quantitative estimate of drug-likeness (QED) is 0.563. The van der Waals surface area contributed by atoms with Gasteiger partial charge in [0, 0.05) is 19.2 Å². The van der Waals surface area contributed by atoms with Crippen molar-refractivity contribution in [1.82, 2.24) is 15.3 Å². The topological polar surface area (TPSA) is 118 Å². The second kappa shape index (κ2) is 10.2. The SMILES string of the molecule is CC(NC(=O)c1ccc2c(n1)N(C(=O)Nc1cccc(OC[C@H]3COC(C)(C)O3)n1)[C@H]1CCN2C1)C(F)(F)F. The van der Waals surface area contributed by atoms with Crippen LogP contribution in [0.1, 0.15) is 37.7 Å². The van der Waals surface area contributed by atoms with E-state index in [0.717, 1.165) is 6.92 Å². The molecule has 0 aliphatic carbocycles. The van der Waals surface area contributed by atoms with Crippen LogP contribution in [-0.2, 0) is 9.47 Å². The molecule has 2 aromatic heterocycles. The maximum atomic E-state index is 13.4. The van der Waals surface area contributed by atoms with Gasteiger partial charge >= 0.3 is 12.2 Å². The number of hydrogen-bond acceptors (Lipinski definition) is 8. The lowest BCUT2D eigenvalue weighted by Crippen LogP contribution is -2.49. The first-order valence-corrected chi connectivity index (χ1v) is 12.5. The molecule has 5 rings (SSSR count). The van der Waals surface area contributed by atoms with Gasteiger partial charge in [-0.05, 0) is 45.4 Å². The summed E-state index contributed by atoms with van der Waals surface area (Å²) in [4.78, 5) is 38.1. The minimum Gasteiger partial charge on any atom is -0.475 e. The number of nitrogens with zero attached hydrogens (tertiary/aromatic N) is 4. The Morgan fingerprint density at radius 1 is 1.23 bits per heavy atom. The van der Waals surface area contributed by atoms with Crippen molar-refractivity contribution in [2.45, 2.75) is 57.3 Å². The van der Waals surface area contributed by atoms with Gasteiger partial charge in [-0.25, -0.2) is 9.78 Å². The molecule has 1 unspecified atom stereocenters. The number of carbonyl (C=O) groups excluding carboxylic acids is 2. The lowest BCUT2D eigenvalue weighted by Gasteiger charge is -2.35. The van der Waals surface area contributed by atoms with E-state index in [1.54, 1.807) is 24.3 Å². The third kappa shape index (κ3) is 5.86. The zero-order valence-electron chi connectivity index (χ0n) is 21.6. The van der Waals surface area contributed by atoms with E-state index in [-0.39, 0.29) is 42.0 Å².